The lowest BCUT2D eigenvalue weighted by molar-refractivity contribution is 0.666. The minimum absolute atomic E-state index is 0.301. The second kappa shape index (κ2) is 12.4. The minimum Gasteiger partial charge on any atom is -0.0654 e. The van der Waals surface area contributed by atoms with E-state index in [1.54, 1.807) is 0 Å². The second-order valence-corrected chi connectivity index (χ2v) is 11.9. The van der Waals surface area contributed by atoms with Gasteiger partial charge in [-0.15, -0.1) is 0 Å². The zero-order valence-corrected chi connectivity index (χ0v) is 24.7. The molecule has 0 saturated heterocycles. The van der Waals surface area contributed by atoms with Crippen molar-refractivity contribution < 1.29 is 0 Å². The van der Waals surface area contributed by atoms with Gasteiger partial charge < -0.3 is 0 Å². The van der Waals surface area contributed by atoms with Gasteiger partial charge in [-0.3, -0.25) is 0 Å². The zero-order chi connectivity index (χ0) is 27.2. The molecule has 0 atom stereocenters. The molecule has 202 valence electrons. The van der Waals surface area contributed by atoms with Crippen molar-refractivity contribution >= 4 is 0 Å². The Hall–Kier alpha value is -3.12. The first-order valence-electron chi connectivity index (χ1n) is 15.5. The van der Waals surface area contributed by atoms with Gasteiger partial charge in [-0.1, -0.05) is 148 Å². The third kappa shape index (κ3) is 5.49. The van der Waals surface area contributed by atoms with E-state index in [0.717, 1.165) is 0 Å². The summed E-state index contributed by atoms with van der Waals surface area (Å²) in [5.74, 6) is 0. The Morgan fingerprint density at radius 3 is 1.26 bits per heavy atom. The molecule has 0 saturated carbocycles. The van der Waals surface area contributed by atoms with Crippen LogP contribution in [-0.2, 0) is 18.3 Å². The quantitative estimate of drug-likeness (QED) is 0.145. The van der Waals surface area contributed by atoms with Crippen molar-refractivity contribution in [3.8, 4) is 11.1 Å². The van der Waals surface area contributed by atoms with Crippen LogP contribution >= 0.6 is 0 Å². The van der Waals surface area contributed by atoms with Crippen LogP contribution < -0.4 is 0 Å². The summed E-state index contributed by atoms with van der Waals surface area (Å²) in [4.78, 5) is 0. The number of benzene rings is 4. The highest BCUT2D eigenvalue weighted by Crippen LogP contribution is 2.56. The van der Waals surface area contributed by atoms with Crippen LogP contribution in [0.15, 0.2) is 84.9 Å². The smallest absolute Gasteiger partial charge is 0.0654 e. The standard InChI is InChI=1S/C39H46/c1-5-7-9-11-13-31-17-21-33(22-18-31)39(34-23-19-32(20-24-34)14-12-10-8-6-2)37-27-29(3)15-25-35(37)36-26-16-30(4)28-38(36)39/h15-28H,5-14H2,1-4H3. The van der Waals surface area contributed by atoms with Crippen LogP contribution in [0.25, 0.3) is 11.1 Å². The maximum Gasteiger partial charge on any atom is 0.0713 e. The molecule has 0 heteroatoms. The van der Waals surface area contributed by atoms with Gasteiger partial charge in [0.1, 0.15) is 0 Å². The van der Waals surface area contributed by atoms with Gasteiger partial charge in [-0.2, -0.15) is 0 Å². The Morgan fingerprint density at radius 2 is 0.872 bits per heavy atom. The molecule has 0 aromatic heterocycles. The van der Waals surface area contributed by atoms with E-state index in [2.05, 4.69) is 113 Å². The molecule has 1 aliphatic rings. The lowest BCUT2D eigenvalue weighted by Gasteiger charge is -2.34. The Labute approximate surface area is 237 Å². The maximum absolute atomic E-state index is 2.45. The topological polar surface area (TPSA) is 0 Å². The van der Waals surface area contributed by atoms with Crippen molar-refractivity contribution in [3.63, 3.8) is 0 Å². The molecule has 4 aromatic carbocycles. The zero-order valence-electron chi connectivity index (χ0n) is 24.7. The maximum atomic E-state index is 2.45. The molecule has 0 bridgehead atoms. The van der Waals surface area contributed by atoms with Crippen molar-refractivity contribution in [2.24, 2.45) is 0 Å². The van der Waals surface area contributed by atoms with E-state index in [1.807, 2.05) is 0 Å². The molecule has 0 heterocycles. The van der Waals surface area contributed by atoms with Crippen LogP contribution in [0.4, 0.5) is 0 Å². The summed E-state index contributed by atoms with van der Waals surface area (Å²) < 4.78 is 0. The Balaban J connectivity index is 1.62. The second-order valence-electron chi connectivity index (χ2n) is 11.9. The summed E-state index contributed by atoms with van der Waals surface area (Å²) in [5, 5.41) is 0. The molecular formula is C39H46. The summed E-state index contributed by atoms with van der Waals surface area (Å²) in [7, 11) is 0. The highest BCUT2D eigenvalue weighted by molar-refractivity contribution is 5.86. The predicted octanol–water partition coefficient (Wildman–Crippen LogP) is 10.9. The summed E-state index contributed by atoms with van der Waals surface area (Å²) >= 11 is 0. The van der Waals surface area contributed by atoms with Gasteiger partial charge >= 0.3 is 0 Å². The number of hydrogen-bond acceptors (Lipinski definition) is 0. The fourth-order valence-electron chi connectivity index (χ4n) is 6.69. The highest BCUT2D eigenvalue weighted by Gasteiger charge is 2.46. The number of aryl methyl sites for hydroxylation is 4. The van der Waals surface area contributed by atoms with Crippen LogP contribution in [0.3, 0.4) is 0 Å². The molecule has 0 N–H and O–H groups in total. The van der Waals surface area contributed by atoms with Crippen LogP contribution in [0.1, 0.15) is 110 Å². The number of rotatable bonds is 12. The molecule has 4 aromatic rings. The summed E-state index contributed by atoms with van der Waals surface area (Å²) in [6, 6.07) is 33.4. The molecule has 0 spiro atoms. The van der Waals surface area contributed by atoms with E-state index in [1.165, 1.54) is 120 Å². The molecule has 0 nitrogen and oxygen atoms in total. The molecular weight excluding hydrogens is 468 g/mol. The summed E-state index contributed by atoms with van der Waals surface area (Å²) in [6.07, 6.45) is 12.8. The number of unbranched alkanes of at least 4 members (excludes halogenated alkanes) is 6. The lowest BCUT2D eigenvalue weighted by Crippen LogP contribution is -2.29. The van der Waals surface area contributed by atoms with E-state index in [9.17, 15) is 0 Å². The molecule has 1 aliphatic carbocycles. The van der Waals surface area contributed by atoms with Crippen molar-refractivity contribution in [1.29, 1.82) is 0 Å². The van der Waals surface area contributed by atoms with Gasteiger partial charge in [0.05, 0.1) is 5.41 Å². The van der Waals surface area contributed by atoms with E-state index in [0.29, 0.717) is 0 Å². The van der Waals surface area contributed by atoms with Crippen molar-refractivity contribution in [2.75, 3.05) is 0 Å². The van der Waals surface area contributed by atoms with Crippen LogP contribution in [0, 0.1) is 13.8 Å². The average Bonchev–Trinajstić information content (AvgIpc) is 3.23. The molecule has 0 radical (unpaired) electrons. The van der Waals surface area contributed by atoms with Gasteiger partial charge in [0.15, 0.2) is 0 Å². The van der Waals surface area contributed by atoms with E-state index in [-0.39, 0.29) is 5.41 Å². The Kier molecular flexibility index (Phi) is 8.71. The van der Waals surface area contributed by atoms with Gasteiger partial charge in [-0.25, -0.2) is 0 Å². The third-order valence-corrected chi connectivity index (χ3v) is 8.86. The van der Waals surface area contributed by atoms with Gasteiger partial charge in [0, 0.05) is 0 Å². The summed E-state index contributed by atoms with van der Waals surface area (Å²) in [5.41, 5.74) is 13.6. The van der Waals surface area contributed by atoms with Crippen LogP contribution in [0.5, 0.6) is 0 Å². The molecule has 0 fully saturated rings. The van der Waals surface area contributed by atoms with Crippen LogP contribution in [-0.4, -0.2) is 0 Å². The number of hydrogen-bond donors (Lipinski definition) is 0. The Morgan fingerprint density at radius 1 is 0.462 bits per heavy atom. The largest absolute Gasteiger partial charge is 0.0713 e. The fraction of sp³-hybridized carbons (Fsp3) is 0.385. The van der Waals surface area contributed by atoms with E-state index >= 15 is 0 Å². The Bertz CT molecular complexity index is 1260. The van der Waals surface area contributed by atoms with Crippen LogP contribution in [0.2, 0.25) is 0 Å². The fourth-order valence-corrected chi connectivity index (χ4v) is 6.69. The van der Waals surface area contributed by atoms with Gasteiger partial charge in [0.2, 0.25) is 0 Å². The molecule has 39 heavy (non-hydrogen) atoms. The first-order chi connectivity index (χ1) is 19.1. The highest BCUT2D eigenvalue weighted by atomic mass is 14.5. The lowest BCUT2D eigenvalue weighted by atomic mass is 9.67. The SMILES string of the molecule is CCCCCCc1ccc(C2(c3ccc(CCCCCC)cc3)c3cc(C)ccc3-c3ccc(C)cc32)cc1. The third-order valence-electron chi connectivity index (χ3n) is 8.86. The molecule has 0 unspecified atom stereocenters. The first kappa shape index (κ1) is 27.4. The minimum atomic E-state index is -0.301. The van der Waals surface area contributed by atoms with Gasteiger partial charge in [0.25, 0.3) is 0 Å². The first-order valence-corrected chi connectivity index (χ1v) is 15.5. The van der Waals surface area contributed by atoms with E-state index < -0.39 is 0 Å². The summed E-state index contributed by atoms with van der Waals surface area (Å²) in [6.45, 7) is 9.04. The molecule has 0 aliphatic heterocycles. The van der Waals surface area contributed by atoms with Crippen molar-refractivity contribution in [2.45, 2.75) is 97.3 Å². The molecule has 5 rings (SSSR count). The average molecular weight is 515 g/mol. The normalized spacial score (nSPS) is 13.3. The van der Waals surface area contributed by atoms with Crippen molar-refractivity contribution in [3.05, 3.63) is 129 Å². The predicted molar refractivity (Wildman–Crippen MR) is 169 cm³/mol. The van der Waals surface area contributed by atoms with Gasteiger partial charge in [-0.05, 0) is 84.0 Å². The number of fused-ring (bicyclic) bond motifs is 3. The van der Waals surface area contributed by atoms with E-state index in [4.69, 9.17) is 0 Å². The molecule has 0 amide bonds. The van der Waals surface area contributed by atoms with Crippen molar-refractivity contribution in [1.82, 2.24) is 0 Å². The monoisotopic (exact) mass is 514 g/mol.